The van der Waals surface area contributed by atoms with Crippen molar-refractivity contribution in [2.45, 2.75) is 6.54 Å². The van der Waals surface area contributed by atoms with E-state index in [0.717, 1.165) is 5.56 Å². The van der Waals surface area contributed by atoms with E-state index in [1.807, 2.05) is 0 Å². The lowest BCUT2D eigenvalue weighted by molar-refractivity contribution is 0.0942. The van der Waals surface area contributed by atoms with Gasteiger partial charge in [0.2, 0.25) is 0 Å². The molecule has 1 amide bonds. The number of halogens is 1. The second kappa shape index (κ2) is 7.27. The standard InChI is InChI=1S/C17H14FN3O3S/c1-24-13-8-12(17-19-6-7-25-17)21-14(15(13)22)16(23)20-9-10-2-4-11(18)5-3-10/h2-8,22H,9H2,1H3,(H,20,23). The minimum absolute atomic E-state index is 0.132. The van der Waals surface area contributed by atoms with Crippen LogP contribution in [0.15, 0.2) is 41.9 Å². The van der Waals surface area contributed by atoms with Gasteiger partial charge in [-0.25, -0.2) is 14.4 Å². The number of nitrogens with zero attached hydrogens (tertiary/aromatic N) is 2. The van der Waals surface area contributed by atoms with E-state index >= 15 is 0 Å². The zero-order chi connectivity index (χ0) is 17.8. The third-order valence-corrected chi connectivity index (χ3v) is 4.21. The van der Waals surface area contributed by atoms with Gasteiger partial charge in [0.1, 0.15) is 16.5 Å². The third-order valence-electron chi connectivity index (χ3n) is 3.41. The summed E-state index contributed by atoms with van der Waals surface area (Å²) >= 11 is 1.36. The molecule has 0 saturated carbocycles. The van der Waals surface area contributed by atoms with Crippen LogP contribution >= 0.6 is 11.3 Å². The van der Waals surface area contributed by atoms with Crippen LogP contribution < -0.4 is 10.1 Å². The summed E-state index contributed by atoms with van der Waals surface area (Å²) in [5.74, 6) is -1.14. The molecule has 8 heteroatoms. The van der Waals surface area contributed by atoms with Crippen molar-refractivity contribution < 1.29 is 19.0 Å². The van der Waals surface area contributed by atoms with Crippen molar-refractivity contribution in [1.29, 1.82) is 0 Å². The lowest BCUT2D eigenvalue weighted by atomic mass is 10.2. The number of nitrogens with one attached hydrogen (secondary N) is 1. The van der Waals surface area contributed by atoms with Crippen molar-refractivity contribution in [1.82, 2.24) is 15.3 Å². The fourth-order valence-electron chi connectivity index (χ4n) is 2.16. The van der Waals surface area contributed by atoms with Crippen LogP contribution in [0, 0.1) is 5.82 Å². The molecule has 2 N–H and O–H groups in total. The molecule has 25 heavy (non-hydrogen) atoms. The topological polar surface area (TPSA) is 84.3 Å². The molecule has 0 spiro atoms. The molecule has 3 aromatic rings. The molecule has 6 nitrogen and oxygen atoms in total. The molecule has 0 saturated heterocycles. The van der Waals surface area contributed by atoms with Gasteiger partial charge in [0, 0.05) is 24.2 Å². The largest absolute Gasteiger partial charge is 0.503 e. The molecule has 0 unspecified atom stereocenters. The smallest absolute Gasteiger partial charge is 0.274 e. The highest BCUT2D eigenvalue weighted by Crippen LogP contribution is 2.33. The summed E-state index contributed by atoms with van der Waals surface area (Å²) in [6.07, 6.45) is 1.62. The SMILES string of the molecule is COc1cc(-c2nccs2)nc(C(=O)NCc2ccc(F)cc2)c1O. The molecule has 0 radical (unpaired) electrons. The summed E-state index contributed by atoms with van der Waals surface area (Å²) in [5.41, 5.74) is 0.987. The Labute approximate surface area is 147 Å². The number of rotatable bonds is 5. The Morgan fingerprint density at radius 2 is 2.12 bits per heavy atom. The predicted molar refractivity (Wildman–Crippen MR) is 91.1 cm³/mol. The average Bonchev–Trinajstić information content (AvgIpc) is 3.16. The number of hydrogen-bond acceptors (Lipinski definition) is 6. The zero-order valence-electron chi connectivity index (χ0n) is 13.2. The Kier molecular flexibility index (Phi) is 4.90. The molecule has 0 aliphatic heterocycles. The highest BCUT2D eigenvalue weighted by Gasteiger charge is 2.20. The number of pyridine rings is 1. The van der Waals surface area contributed by atoms with E-state index in [1.54, 1.807) is 23.7 Å². The highest BCUT2D eigenvalue weighted by atomic mass is 32.1. The van der Waals surface area contributed by atoms with Crippen LogP contribution in [0.3, 0.4) is 0 Å². The van der Waals surface area contributed by atoms with Gasteiger partial charge in [0.05, 0.1) is 7.11 Å². The highest BCUT2D eigenvalue weighted by molar-refractivity contribution is 7.13. The minimum Gasteiger partial charge on any atom is -0.503 e. The summed E-state index contributed by atoms with van der Waals surface area (Å²) in [6, 6.07) is 7.27. The van der Waals surface area contributed by atoms with Gasteiger partial charge in [0.25, 0.3) is 5.91 Å². The van der Waals surface area contributed by atoms with Gasteiger partial charge in [-0.1, -0.05) is 12.1 Å². The first-order chi connectivity index (χ1) is 12.1. The number of carbonyl (C=O) groups excluding carboxylic acids is 1. The molecule has 0 aliphatic rings. The molecule has 2 heterocycles. The molecule has 3 rings (SSSR count). The summed E-state index contributed by atoms with van der Waals surface area (Å²) in [6.45, 7) is 0.171. The Morgan fingerprint density at radius 3 is 2.76 bits per heavy atom. The number of ether oxygens (including phenoxy) is 1. The van der Waals surface area contributed by atoms with Gasteiger partial charge < -0.3 is 15.2 Å². The molecule has 0 bridgehead atoms. The number of carbonyl (C=O) groups is 1. The zero-order valence-corrected chi connectivity index (χ0v) is 14.0. The van der Waals surface area contributed by atoms with Crippen molar-refractivity contribution in [3.8, 4) is 22.2 Å². The monoisotopic (exact) mass is 359 g/mol. The predicted octanol–water partition coefficient (Wildman–Crippen LogP) is 2.99. The Bertz CT molecular complexity index is 883. The summed E-state index contributed by atoms with van der Waals surface area (Å²) < 4.78 is 18.0. The maximum absolute atomic E-state index is 12.9. The number of benzene rings is 1. The van der Waals surface area contributed by atoms with Crippen LogP contribution in [0.1, 0.15) is 16.1 Å². The fourth-order valence-corrected chi connectivity index (χ4v) is 2.75. The van der Waals surface area contributed by atoms with E-state index in [0.29, 0.717) is 10.7 Å². The van der Waals surface area contributed by atoms with Crippen molar-refractivity contribution in [3.63, 3.8) is 0 Å². The van der Waals surface area contributed by atoms with Crippen LogP contribution in [0.4, 0.5) is 4.39 Å². The minimum atomic E-state index is -0.571. The average molecular weight is 359 g/mol. The molecule has 0 aliphatic carbocycles. The second-order valence-electron chi connectivity index (χ2n) is 5.05. The molecule has 128 valence electrons. The normalized spacial score (nSPS) is 10.5. The van der Waals surface area contributed by atoms with Crippen molar-refractivity contribution in [2.75, 3.05) is 7.11 Å². The third kappa shape index (κ3) is 3.74. The van der Waals surface area contributed by atoms with E-state index in [9.17, 15) is 14.3 Å². The number of amides is 1. The molecular weight excluding hydrogens is 345 g/mol. The van der Waals surface area contributed by atoms with Crippen molar-refractivity contribution >= 4 is 17.2 Å². The Hall–Kier alpha value is -3.00. The first-order valence-electron chi connectivity index (χ1n) is 7.29. The second-order valence-corrected chi connectivity index (χ2v) is 5.95. The lowest BCUT2D eigenvalue weighted by Crippen LogP contribution is -2.24. The van der Waals surface area contributed by atoms with Crippen LogP contribution in [-0.4, -0.2) is 28.1 Å². The van der Waals surface area contributed by atoms with E-state index in [4.69, 9.17) is 4.74 Å². The molecule has 1 aromatic carbocycles. The van der Waals surface area contributed by atoms with Crippen molar-refractivity contribution in [3.05, 3.63) is 59.0 Å². The van der Waals surface area contributed by atoms with E-state index in [2.05, 4.69) is 15.3 Å². The quantitative estimate of drug-likeness (QED) is 0.732. The summed E-state index contributed by atoms with van der Waals surface area (Å²) in [5, 5.41) is 15.2. The van der Waals surface area contributed by atoms with Gasteiger partial charge >= 0.3 is 0 Å². The van der Waals surface area contributed by atoms with Crippen LogP contribution in [0.5, 0.6) is 11.5 Å². The Morgan fingerprint density at radius 1 is 1.36 bits per heavy atom. The van der Waals surface area contributed by atoms with Gasteiger partial charge in [-0.15, -0.1) is 11.3 Å². The lowest BCUT2D eigenvalue weighted by Gasteiger charge is -2.11. The van der Waals surface area contributed by atoms with Crippen LogP contribution in [0.25, 0.3) is 10.7 Å². The number of thiazole rings is 1. The van der Waals surface area contributed by atoms with Crippen molar-refractivity contribution in [2.24, 2.45) is 0 Å². The van der Waals surface area contributed by atoms with Crippen LogP contribution in [0.2, 0.25) is 0 Å². The first-order valence-corrected chi connectivity index (χ1v) is 8.17. The van der Waals surface area contributed by atoms with Gasteiger partial charge in [-0.3, -0.25) is 4.79 Å². The Balaban J connectivity index is 1.85. The van der Waals surface area contributed by atoms with Gasteiger partial charge in [-0.05, 0) is 17.7 Å². The van der Waals surface area contributed by atoms with E-state index < -0.39 is 5.91 Å². The summed E-state index contributed by atoms with van der Waals surface area (Å²) in [7, 11) is 1.39. The maximum atomic E-state index is 12.9. The first kappa shape index (κ1) is 16.8. The number of aromatic nitrogens is 2. The van der Waals surface area contributed by atoms with Gasteiger partial charge in [0.15, 0.2) is 17.2 Å². The molecule has 2 aromatic heterocycles. The van der Waals surface area contributed by atoms with Crippen LogP contribution in [-0.2, 0) is 6.54 Å². The fraction of sp³-hybridized carbons (Fsp3) is 0.118. The number of methoxy groups -OCH3 is 1. The maximum Gasteiger partial charge on any atom is 0.274 e. The van der Waals surface area contributed by atoms with E-state index in [-0.39, 0.29) is 29.6 Å². The molecule has 0 atom stereocenters. The summed E-state index contributed by atoms with van der Waals surface area (Å²) in [4.78, 5) is 20.8. The van der Waals surface area contributed by atoms with Gasteiger partial charge in [-0.2, -0.15) is 0 Å². The molecular formula is C17H14FN3O3S. The number of aromatic hydroxyl groups is 1. The molecule has 0 fully saturated rings. The van der Waals surface area contributed by atoms with E-state index in [1.165, 1.54) is 36.6 Å². The number of hydrogen-bond donors (Lipinski definition) is 2.